The van der Waals surface area contributed by atoms with E-state index in [1.807, 2.05) is 20.8 Å². The summed E-state index contributed by atoms with van der Waals surface area (Å²) in [6.07, 6.45) is 0. The Bertz CT molecular complexity index is 497. The Morgan fingerprint density at radius 2 is 2.05 bits per heavy atom. The largest absolute Gasteiger partial charge is 0.389 e. The summed E-state index contributed by atoms with van der Waals surface area (Å²) in [6.45, 7) is 5.90. The van der Waals surface area contributed by atoms with Crippen LogP contribution in [0.1, 0.15) is 26.3 Å². The zero-order chi connectivity index (χ0) is 14.6. The number of hydrogen-bond donors (Lipinski definition) is 3. The van der Waals surface area contributed by atoms with Crippen molar-refractivity contribution in [2.75, 3.05) is 11.9 Å². The minimum atomic E-state index is -0.265. The number of nitrogens with two attached hydrogens (primary N) is 1. The van der Waals surface area contributed by atoms with Crippen LogP contribution in [-0.4, -0.2) is 23.0 Å². The quantitative estimate of drug-likeness (QED) is 0.746. The number of anilines is 1. The molecule has 0 aliphatic heterocycles. The Morgan fingerprint density at radius 3 is 2.58 bits per heavy atom. The number of benzene rings is 1. The standard InChI is InChI=1S/C13H18ClN3OS/c1-13(2,3)17-11(18)7-16-10-6-8(14)4-5-9(10)12(15)19/h4-6,16H,7H2,1-3H3,(H2,15,19)(H,17,18). The van der Waals surface area contributed by atoms with Crippen molar-refractivity contribution in [1.82, 2.24) is 5.32 Å². The number of hydrogen-bond acceptors (Lipinski definition) is 3. The monoisotopic (exact) mass is 299 g/mol. The van der Waals surface area contributed by atoms with Crippen LogP contribution in [0, 0.1) is 0 Å². The zero-order valence-corrected chi connectivity index (χ0v) is 12.8. The highest BCUT2D eigenvalue weighted by Gasteiger charge is 2.14. The van der Waals surface area contributed by atoms with Crippen LogP contribution in [-0.2, 0) is 4.79 Å². The van der Waals surface area contributed by atoms with Crippen LogP contribution in [0.5, 0.6) is 0 Å². The van der Waals surface area contributed by atoms with Gasteiger partial charge >= 0.3 is 0 Å². The number of carbonyl (C=O) groups excluding carboxylic acids is 1. The maximum Gasteiger partial charge on any atom is 0.239 e. The lowest BCUT2D eigenvalue weighted by molar-refractivity contribution is -0.120. The van der Waals surface area contributed by atoms with E-state index in [9.17, 15) is 4.79 Å². The van der Waals surface area contributed by atoms with Crippen molar-refractivity contribution in [3.05, 3.63) is 28.8 Å². The van der Waals surface area contributed by atoms with Crippen LogP contribution < -0.4 is 16.4 Å². The number of thiocarbonyl (C=S) groups is 1. The van der Waals surface area contributed by atoms with Gasteiger partial charge in [-0.15, -0.1) is 0 Å². The molecule has 0 fully saturated rings. The van der Waals surface area contributed by atoms with Gasteiger partial charge in [0.2, 0.25) is 5.91 Å². The van der Waals surface area contributed by atoms with Gasteiger partial charge in [0.25, 0.3) is 0 Å². The van der Waals surface area contributed by atoms with Crippen molar-refractivity contribution in [2.45, 2.75) is 26.3 Å². The summed E-state index contributed by atoms with van der Waals surface area (Å²) in [4.78, 5) is 12.0. The smallest absolute Gasteiger partial charge is 0.239 e. The second-order valence-electron chi connectivity index (χ2n) is 5.21. The first-order valence-corrected chi connectivity index (χ1v) is 6.62. The Morgan fingerprint density at radius 1 is 1.42 bits per heavy atom. The fourth-order valence-electron chi connectivity index (χ4n) is 1.52. The van der Waals surface area contributed by atoms with Gasteiger partial charge in [0.15, 0.2) is 0 Å². The van der Waals surface area contributed by atoms with Crippen LogP contribution >= 0.6 is 23.8 Å². The molecule has 4 nitrogen and oxygen atoms in total. The second-order valence-corrected chi connectivity index (χ2v) is 6.08. The fourth-order valence-corrected chi connectivity index (χ4v) is 1.87. The Labute approximate surface area is 123 Å². The zero-order valence-electron chi connectivity index (χ0n) is 11.2. The van der Waals surface area contributed by atoms with E-state index in [0.717, 1.165) is 0 Å². The van der Waals surface area contributed by atoms with Gasteiger partial charge in [0, 0.05) is 21.8 Å². The number of nitrogens with one attached hydrogen (secondary N) is 2. The molecule has 0 saturated carbocycles. The molecule has 19 heavy (non-hydrogen) atoms. The summed E-state index contributed by atoms with van der Waals surface area (Å²) >= 11 is 10.9. The molecule has 104 valence electrons. The Balaban J connectivity index is 2.75. The molecule has 0 spiro atoms. The van der Waals surface area contributed by atoms with E-state index in [1.165, 1.54) is 0 Å². The van der Waals surface area contributed by atoms with E-state index >= 15 is 0 Å². The summed E-state index contributed by atoms with van der Waals surface area (Å²) in [7, 11) is 0. The van der Waals surface area contributed by atoms with Gasteiger partial charge in [-0.2, -0.15) is 0 Å². The predicted octanol–water partition coefficient (Wildman–Crippen LogP) is 2.30. The first-order valence-electron chi connectivity index (χ1n) is 5.83. The van der Waals surface area contributed by atoms with Gasteiger partial charge < -0.3 is 16.4 Å². The van der Waals surface area contributed by atoms with Crippen LogP contribution in [0.25, 0.3) is 0 Å². The fraction of sp³-hybridized carbons (Fsp3) is 0.385. The molecular weight excluding hydrogens is 282 g/mol. The van der Waals surface area contributed by atoms with E-state index in [1.54, 1.807) is 18.2 Å². The number of rotatable bonds is 4. The molecule has 1 rings (SSSR count). The number of carbonyl (C=O) groups is 1. The second kappa shape index (κ2) is 6.21. The minimum Gasteiger partial charge on any atom is -0.389 e. The molecule has 0 saturated heterocycles. The van der Waals surface area contributed by atoms with E-state index in [-0.39, 0.29) is 23.0 Å². The average Bonchev–Trinajstić information content (AvgIpc) is 2.23. The summed E-state index contributed by atoms with van der Waals surface area (Å²) in [5, 5.41) is 6.40. The lowest BCUT2D eigenvalue weighted by Gasteiger charge is -2.21. The van der Waals surface area contributed by atoms with Crippen LogP contribution in [0.2, 0.25) is 5.02 Å². The van der Waals surface area contributed by atoms with E-state index in [4.69, 9.17) is 29.6 Å². The molecule has 4 N–H and O–H groups in total. The number of halogens is 1. The van der Waals surface area contributed by atoms with Crippen LogP contribution in [0.3, 0.4) is 0 Å². The van der Waals surface area contributed by atoms with Crippen molar-refractivity contribution in [2.24, 2.45) is 5.73 Å². The molecule has 6 heteroatoms. The summed E-state index contributed by atoms with van der Waals surface area (Å²) < 4.78 is 0. The normalized spacial score (nSPS) is 10.9. The molecular formula is C13H18ClN3OS. The molecule has 0 unspecified atom stereocenters. The van der Waals surface area contributed by atoms with Crippen LogP contribution in [0.4, 0.5) is 5.69 Å². The van der Waals surface area contributed by atoms with Gasteiger partial charge in [0.1, 0.15) is 4.99 Å². The van der Waals surface area contributed by atoms with Crippen molar-refractivity contribution < 1.29 is 4.79 Å². The first kappa shape index (κ1) is 15.7. The molecule has 0 radical (unpaired) electrons. The predicted molar refractivity (Wildman–Crippen MR) is 83.7 cm³/mol. The van der Waals surface area contributed by atoms with Gasteiger partial charge in [-0.25, -0.2) is 0 Å². The third-order valence-corrected chi connectivity index (χ3v) is 2.66. The third kappa shape index (κ3) is 5.44. The van der Waals surface area contributed by atoms with Gasteiger partial charge in [-0.1, -0.05) is 23.8 Å². The van der Waals surface area contributed by atoms with Crippen molar-refractivity contribution in [3.8, 4) is 0 Å². The van der Waals surface area contributed by atoms with E-state index in [2.05, 4.69) is 10.6 Å². The Kier molecular flexibility index (Phi) is 5.14. The highest BCUT2D eigenvalue weighted by Crippen LogP contribution is 2.20. The molecule has 0 heterocycles. The van der Waals surface area contributed by atoms with Gasteiger partial charge in [-0.05, 0) is 39.0 Å². The minimum absolute atomic E-state index is 0.110. The van der Waals surface area contributed by atoms with E-state index in [0.29, 0.717) is 16.3 Å². The maximum absolute atomic E-state index is 11.7. The molecule has 0 aliphatic rings. The SMILES string of the molecule is CC(C)(C)NC(=O)CNc1cc(Cl)ccc1C(N)=S. The molecule has 0 aliphatic carbocycles. The molecule has 0 atom stereocenters. The molecule has 1 aromatic rings. The number of amides is 1. The van der Waals surface area contributed by atoms with Crippen molar-refractivity contribution in [3.63, 3.8) is 0 Å². The first-order chi connectivity index (χ1) is 8.69. The maximum atomic E-state index is 11.7. The van der Waals surface area contributed by atoms with Crippen molar-refractivity contribution >= 4 is 40.4 Å². The van der Waals surface area contributed by atoms with Crippen molar-refractivity contribution in [1.29, 1.82) is 0 Å². The van der Waals surface area contributed by atoms with Gasteiger partial charge in [-0.3, -0.25) is 4.79 Å². The third-order valence-electron chi connectivity index (χ3n) is 2.20. The molecule has 1 aromatic carbocycles. The topological polar surface area (TPSA) is 67.2 Å². The molecule has 0 bridgehead atoms. The molecule has 0 aromatic heterocycles. The molecule has 1 amide bonds. The summed E-state index contributed by atoms with van der Waals surface area (Å²) in [5.74, 6) is -0.110. The van der Waals surface area contributed by atoms with Gasteiger partial charge in [0.05, 0.1) is 6.54 Å². The lowest BCUT2D eigenvalue weighted by Crippen LogP contribution is -2.43. The Hall–Kier alpha value is -1.33. The summed E-state index contributed by atoms with van der Waals surface area (Å²) in [6, 6.07) is 5.13. The lowest BCUT2D eigenvalue weighted by atomic mass is 10.1. The van der Waals surface area contributed by atoms with Crippen LogP contribution in [0.15, 0.2) is 18.2 Å². The average molecular weight is 300 g/mol. The highest BCUT2D eigenvalue weighted by atomic mass is 35.5. The highest BCUT2D eigenvalue weighted by molar-refractivity contribution is 7.80. The summed E-state index contributed by atoms with van der Waals surface area (Å²) in [5.41, 5.74) is 6.68. The van der Waals surface area contributed by atoms with E-state index < -0.39 is 0 Å².